The highest BCUT2D eigenvalue weighted by atomic mass is 16.7. The summed E-state index contributed by atoms with van der Waals surface area (Å²) in [7, 11) is 0. The van der Waals surface area contributed by atoms with Gasteiger partial charge in [-0.25, -0.2) is 0 Å². The first-order valence-electron chi connectivity index (χ1n) is 9.15. The fourth-order valence-corrected chi connectivity index (χ4v) is 3.05. The van der Waals surface area contributed by atoms with Crippen molar-refractivity contribution in [2.75, 3.05) is 11.9 Å². The van der Waals surface area contributed by atoms with Gasteiger partial charge in [-0.15, -0.1) is 0 Å². The van der Waals surface area contributed by atoms with Gasteiger partial charge in [-0.1, -0.05) is 0 Å². The van der Waals surface area contributed by atoms with Gasteiger partial charge in [0.25, 0.3) is 5.69 Å². The van der Waals surface area contributed by atoms with Gasteiger partial charge in [0, 0.05) is 26.8 Å². The number of nitro benzene ring substituents is 1. The highest BCUT2D eigenvalue weighted by Gasteiger charge is 2.50. The molecular formula is C19H24N2O9. The van der Waals surface area contributed by atoms with Crippen LogP contribution in [-0.2, 0) is 33.3 Å². The molecule has 164 valence electrons. The Morgan fingerprint density at radius 1 is 1.03 bits per heavy atom. The Bertz CT molecular complexity index is 855. The van der Waals surface area contributed by atoms with Crippen molar-refractivity contribution < 1.29 is 38.3 Å². The van der Waals surface area contributed by atoms with Gasteiger partial charge >= 0.3 is 17.9 Å². The maximum absolute atomic E-state index is 11.6. The number of esters is 3. The molecule has 1 aromatic rings. The predicted octanol–water partition coefficient (Wildman–Crippen LogP) is 1.77. The van der Waals surface area contributed by atoms with E-state index in [4.69, 9.17) is 18.9 Å². The van der Waals surface area contributed by atoms with Crippen molar-refractivity contribution in [3.05, 3.63) is 33.4 Å². The van der Waals surface area contributed by atoms with E-state index < -0.39 is 47.4 Å². The Kier molecular flexibility index (Phi) is 7.33. The van der Waals surface area contributed by atoms with Gasteiger partial charge in [0.15, 0.2) is 18.4 Å². The predicted molar refractivity (Wildman–Crippen MR) is 103 cm³/mol. The summed E-state index contributed by atoms with van der Waals surface area (Å²) >= 11 is 0. The minimum Gasteiger partial charge on any atom is -0.463 e. The number of hydrogen-bond acceptors (Lipinski definition) is 10. The average Bonchev–Trinajstić information content (AvgIpc) is 2.91. The number of aryl methyl sites for hydroxylation is 2. The number of carbonyl (C=O) groups is 3. The Morgan fingerprint density at radius 2 is 1.60 bits per heavy atom. The molecule has 1 aliphatic heterocycles. The Balaban J connectivity index is 2.39. The standard InChI is InChI=1S/C19H24N2O9/c1-9-6-14(15(21(25)26)7-10(9)2)20-19-18(29-13(5)24)17(28-12(4)23)16(30-19)8-27-11(3)22/h6-7,16-20H,8H2,1-5H3/t16-,17-,18-,19-/m1/s1. The first-order valence-corrected chi connectivity index (χ1v) is 9.15. The van der Waals surface area contributed by atoms with E-state index in [2.05, 4.69) is 5.32 Å². The van der Waals surface area contributed by atoms with Crippen LogP contribution in [0.3, 0.4) is 0 Å². The van der Waals surface area contributed by atoms with Crippen LogP contribution in [0.4, 0.5) is 11.4 Å². The second kappa shape index (κ2) is 9.53. The molecule has 0 amide bonds. The zero-order chi connectivity index (χ0) is 22.6. The summed E-state index contributed by atoms with van der Waals surface area (Å²) in [5.41, 5.74) is 1.45. The minimum absolute atomic E-state index is 0.139. The largest absolute Gasteiger partial charge is 0.463 e. The smallest absolute Gasteiger partial charge is 0.303 e. The summed E-state index contributed by atoms with van der Waals surface area (Å²) in [4.78, 5) is 45.3. The lowest BCUT2D eigenvalue weighted by atomic mass is 10.1. The third-order valence-electron chi connectivity index (χ3n) is 4.47. The molecule has 1 heterocycles. The number of anilines is 1. The number of ether oxygens (including phenoxy) is 4. The molecule has 0 aliphatic carbocycles. The molecule has 11 heteroatoms. The van der Waals surface area contributed by atoms with Crippen LogP contribution in [-0.4, -0.2) is 54.0 Å². The zero-order valence-corrected chi connectivity index (χ0v) is 17.3. The molecule has 1 fully saturated rings. The molecular weight excluding hydrogens is 400 g/mol. The van der Waals surface area contributed by atoms with Crippen LogP contribution in [0.1, 0.15) is 31.9 Å². The van der Waals surface area contributed by atoms with Gasteiger partial charge in [0.1, 0.15) is 18.4 Å². The number of benzene rings is 1. The van der Waals surface area contributed by atoms with Crippen LogP contribution >= 0.6 is 0 Å². The lowest BCUT2D eigenvalue weighted by molar-refractivity contribution is -0.384. The second-order valence-electron chi connectivity index (χ2n) is 6.90. The highest BCUT2D eigenvalue weighted by Crippen LogP contribution is 2.33. The van der Waals surface area contributed by atoms with Crippen molar-refractivity contribution in [3.8, 4) is 0 Å². The number of nitrogens with zero attached hydrogens (tertiary/aromatic N) is 1. The average molecular weight is 424 g/mol. The highest BCUT2D eigenvalue weighted by molar-refractivity contribution is 5.69. The SMILES string of the molecule is CC(=O)OC[C@H]1O[C@@H](Nc2cc(C)c(C)cc2[N+](=O)[O-])[C@H](OC(C)=O)[C@@H]1OC(C)=O. The molecule has 0 unspecified atom stereocenters. The van der Waals surface area contributed by atoms with Crippen molar-refractivity contribution in [3.63, 3.8) is 0 Å². The van der Waals surface area contributed by atoms with E-state index in [-0.39, 0.29) is 18.0 Å². The van der Waals surface area contributed by atoms with Crippen LogP contribution in [0.2, 0.25) is 0 Å². The zero-order valence-electron chi connectivity index (χ0n) is 17.3. The molecule has 2 rings (SSSR count). The van der Waals surface area contributed by atoms with E-state index in [9.17, 15) is 24.5 Å². The van der Waals surface area contributed by atoms with Crippen molar-refractivity contribution in [1.29, 1.82) is 0 Å². The van der Waals surface area contributed by atoms with Crippen molar-refractivity contribution in [1.82, 2.24) is 0 Å². The molecule has 30 heavy (non-hydrogen) atoms. The van der Waals surface area contributed by atoms with E-state index in [1.165, 1.54) is 26.8 Å². The molecule has 1 aromatic carbocycles. The monoisotopic (exact) mass is 424 g/mol. The van der Waals surface area contributed by atoms with Gasteiger partial charge in [-0.05, 0) is 31.0 Å². The molecule has 0 bridgehead atoms. The molecule has 11 nitrogen and oxygen atoms in total. The van der Waals surface area contributed by atoms with Crippen LogP contribution in [0.5, 0.6) is 0 Å². The van der Waals surface area contributed by atoms with E-state index >= 15 is 0 Å². The topological polar surface area (TPSA) is 143 Å². The van der Waals surface area contributed by atoms with E-state index in [1.54, 1.807) is 19.9 Å². The molecule has 4 atom stereocenters. The molecule has 0 saturated carbocycles. The Labute approximate surface area is 172 Å². The summed E-state index contributed by atoms with van der Waals surface area (Å²) in [5.74, 6) is -1.91. The molecule has 1 N–H and O–H groups in total. The number of carbonyl (C=O) groups excluding carboxylic acids is 3. The van der Waals surface area contributed by atoms with Gasteiger partial charge < -0.3 is 24.3 Å². The first kappa shape index (κ1) is 23.1. The third-order valence-corrected chi connectivity index (χ3v) is 4.47. The third kappa shape index (κ3) is 5.66. The van der Waals surface area contributed by atoms with Crippen LogP contribution in [0, 0.1) is 24.0 Å². The Morgan fingerprint density at radius 3 is 2.13 bits per heavy atom. The van der Waals surface area contributed by atoms with Crippen LogP contribution in [0.15, 0.2) is 12.1 Å². The van der Waals surface area contributed by atoms with Gasteiger partial charge in [0.05, 0.1) is 4.92 Å². The van der Waals surface area contributed by atoms with Gasteiger partial charge in [-0.2, -0.15) is 0 Å². The van der Waals surface area contributed by atoms with Gasteiger partial charge in [0.2, 0.25) is 0 Å². The maximum atomic E-state index is 11.6. The lowest BCUT2D eigenvalue weighted by Gasteiger charge is -2.24. The Hall–Kier alpha value is -3.21. The molecule has 1 saturated heterocycles. The van der Waals surface area contributed by atoms with Crippen molar-refractivity contribution in [2.45, 2.75) is 59.2 Å². The van der Waals surface area contributed by atoms with E-state index in [0.717, 1.165) is 11.1 Å². The second-order valence-corrected chi connectivity index (χ2v) is 6.90. The molecule has 0 radical (unpaired) electrons. The van der Waals surface area contributed by atoms with Crippen molar-refractivity contribution in [2.24, 2.45) is 0 Å². The molecule has 1 aliphatic rings. The number of rotatable bonds is 7. The fourth-order valence-electron chi connectivity index (χ4n) is 3.05. The molecule has 0 aromatic heterocycles. The van der Waals surface area contributed by atoms with Crippen LogP contribution in [0.25, 0.3) is 0 Å². The summed E-state index contributed by atoms with van der Waals surface area (Å²) in [5, 5.41) is 14.3. The normalized spacial score (nSPS) is 22.8. The number of nitro groups is 1. The quantitative estimate of drug-likeness (QED) is 0.298. The summed E-state index contributed by atoms with van der Waals surface area (Å²) < 4.78 is 21.3. The number of hydrogen-bond donors (Lipinski definition) is 1. The summed E-state index contributed by atoms with van der Waals surface area (Å²) in [6.07, 6.45) is -4.27. The minimum atomic E-state index is -1.13. The van der Waals surface area contributed by atoms with E-state index in [1.807, 2.05) is 0 Å². The number of nitrogens with one attached hydrogen (secondary N) is 1. The lowest BCUT2D eigenvalue weighted by Crippen LogP contribution is -2.43. The summed E-state index contributed by atoms with van der Waals surface area (Å²) in [6.45, 7) is 6.80. The van der Waals surface area contributed by atoms with E-state index in [0.29, 0.717) is 0 Å². The molecule has 0 spiro atoms. The van der Waals surface area contributed by atoms with Crippen LogP contribution < -0.4 is 5.32 Å². The van der Waals surface area contributed by atoms with Gasteiger partial charge in [-0.3, -0.25) is 24.5 Å². The fraction of sp³-hybridized carbons (Fsp3) is 0.526. The first-order chi connectivity index (χ1) is 14.0. The van der Waals surface area contributed by atoms with Crippen molar-refractivity contribution >= 4 is 29.3 Å². The maximum Gasteiger partial charge on any atom is 0.303 e. The summed E-state index contributed by atoms with van der Waals surface area (Å²) in [6, 6.07) is 2.98.